The van der Waals surface area contributed by atoms with Crippen LogP contribution in [0.25, 0.3) is 0 Å². The quantitative estimate of drug-likeness (QED) is 0.537. The normalized spacial score (nSPS) is 16.9. The minimum atomic E-state index is -0.652. The van der Waals surface area contributed by atoms with Crippen molar-refractivity contribution in [1.82, 2.24) is 4.98 Å². The standard InChI is InChI=1S/C20H15N3O3/c24-19-16-8-2-1-7-15(16)17(13-21-12-14-6-5-11-26-14)20(25)23(19)18-9-3-4-10-22-18/h1-11,13,17H,12H2/t17-/m1/s1. The Labute approximate surface area is 149 Å². The van der Waals surface area contributed by atoms with Crippen LogP contribution in [0.3, 0.4) is 0 Å². The summed E-state index contributed by atoms with van der Waals surface area (Å²) in [5, 5.41) is 0. The lowest BCUT2D eigenvalue weighted by atomic mass is 9.89. The first-order chi connectivity index (χ1) is 12.8. The summed E-state index contributed by atoms with van der Waals surface area (Å²) in [5.41, 5.74) is 1.13. The first-order valence-corrected chi connectivity index (χ1v) is 8.16. The molecule has 0 aliphatic carbocycles. The van der Waals surface area contributed by atoms with Gasteiger partial charge in [0.05, 0.1) is 18.7 Å². The monoisotopic (exact) mass is 345 g/mol. The Morgan fingerprint density at radius 3 is 2.69 bits per heavy atom. The molecule has 0 saturated carbocycles. The van der Waals surface area contributed by atoms with E-state index in [0.29, 0.717) is 29.2 Å². The fourth-order valence-electron chi connectivity index (χ4n) is 2.95. The third-order valence-electron chi connectivity index (χ3n) is 4.18. The van der Waals surface area contributed by atoms with Crippen LogP contribution in [0.1, 0.15) is 27.6 Å². The van der Waals surface area contributed by atoms with Crippen LogP contribution >= 0.6 is 0 Å². The number of nitrogens with zero attached hydrogens (tertiary/aromatic N) is 3. The number of rotatable bonds is 4. The second kappa shape index (κ2) is 6.76. The smallest absolute Gasteiger partial charge is 0.266 e. The lowest BCUT2D eigenvalue weighted by molar-refractivity contribution is -0.118. The van der Waals surface area contributed by atoms with E-state index in [9.17, 15) is 9.59 Å². The summed E-state index contributed by atoms with van der Waals surface area (Å²) in [5.74, 6) is -0.381. The first-order valence-electron chi connectivity index (χ1n) is 8.16. The number of carbonyl (C=O) groups is 2. The van der Waals surface area contributed by atoms with Gasteiger partial charge in [-0.1, -0.05) is 24.3 Å². The number of anilines is 1. The van der Waals surface area contributed by atoms with Gasteiger partial charge >= 0.3 is 0 Å². The highest BCUT2D eigenvalue weighted by Crippen LogP contribution is 2.31. The number of carbonyl (C=O) groups excluding carboxylic acids is 2. The molecular weight excluding hydrogens is 330 g/mol. The van der Waals surface area contributed by atoms with Crippen LogP contribution in [0.5, 0.6) is 0 Å². The fraction of sp³-hybridized carbons (Fsp3) is 0.100. The van der Waals surface area contributed by atoms with Crippen LogP contribution in [0.4, 0.5) is 5.82 Å². The maximum atomic E-state index is 13.0. The van der Waals surface area contributed by atoms with Gasteiger partial charge < -0.3 is 4.42 Å². The Bertz CT molecular complexity index is 965. The SMILES string of the molecule is O=C1c2ccccc2[C@@H](C=NCc2ccco2)C(=O)N1c1ccccn1. The molecule has 26 heavy (non-hydrogen) atoms. The molecule has 3 aromatic rings. The Hall–Kier alpha value is -3.54. The molecule has 0 bridgehead atoms. The summed E-state index contributed by atoms with van der Waals surface area (Å²) < 4.78 is 5.25. The van der Waals surface area contributed by atoms with Crippen molar-refractivity contribution in [3.05, 3.63) is 83.9 Å². The van der Waals surface area contributed by atoms with E-state index in [2.05, 4.69) is 9.98 Å². The van der Waals surface area contributed by atoms with Gasteiger partial charge in [-0.3, -0.25) is 14.6 Å². The average Bonchev–Trinajstić information content (AvgIpc) is 3.19. The molecule has 0 N–H and O–H groups in total. The predicted molar refractivity (Wildman–Crippen MR) is 96.1 cm³/mol. The number of pyridine rings is 1. The molecule has 4 rings (SSSR count). The average molecular weight is 345 g/mol. The van der Waals surface area contributed by atoms with E-state index in [0.717, 1.165) is 4.90 Å². The maximum absolute atomic E-state index is 13.0. The van der Waals surface area contributed by atoms with Gasteiger partial charge in [0, 0.05) is 18.0 Å². The number of hydrogen-bond donors (Lipinski definition) is 0. The minimum absolute atomic E-state index is 0.307. The van der Waals surface area contributed by atoms with Gasteiger partial charge in [-0.2, -0.15) is 0 Å². The molecule has 6 heteroatoms. The third kappa shape index (κ3) is 2.82. The first kappa shape index (κ1) is 16.0. The highest BCUT2D eigenvalue weighted by Gasteiger charge is 2.39. The molecule has 0 spiro atoms. The van der Waals surface area contributed by atoms with Crippen molar-refractivity contribution < 1.29 is 14.0 Å². The van der Waals surface area contributed by atoms with Crippen LogP contribution < -0.4 is 4.90 Å². The largest absolute Gasteiger partial charge is 0.467 e. The molecule has 2 aromatic heterocycles. The van der Waals surface area contributed by atoms with Crippen LogP contribution in [-0.4, -0.2) is 23.0 Å². The predicted octanol–water partition coefficient (Wildman–Crippen LogP) is 3.22. The molecule has 6 nitrogen and oxygen atoms in total. The zero-order valence-corrected chi connectivity index (χ0v) is 13.8. The van der Waals surface area contributed by atoms with Crippen molar-refractivity contribution >= 4 is 23.8 Å². The topological polar surface area (TPSA) is 75.8 Å². The number of aliphatic imine (C=N–C) groups is 1. The Kier molecular flexibility index (Phi) is 4.15. The molecular formula is C20H15N3O3. The van der Waals surface area contributed by atoms with Crippen LogP contribution in [0, 0.1) is 0 Å². The van der Waals surface area contributed by atoms with Gasteiger partial charge in [0.25, 0.3) is 5.91 Å². The maximum Gasteiger partial charge on any atom is 0.266 e. The highest BCUT2D eigenvalue weighted by atomic mass is 16.3. The van der Waals surface area contributed by atoms with E-state index >= 15 is 0 Å². The number of hydrogen-bond acceptors (Lipinski definition) is 5. The summed E-state index contributed by atoms with van der Waals surface area (Å²) in [7, 11) is 0. The molecule has 0 radical (unpaired) electrons. The summed E-state index contributed by atoms with van der Waals surface area (Å²) >= 11 is 0. The van der Waals surface area contributed by atoms with E-state index < -0.39 is 5.92 Å². The summed E-state index contributed by atoms with van der Waals surface area (Å²) in [6.07, 6.45) is 4.70. The number of fused-ring (bicyclic) bond motifs is 1. The van der Waals surface area contributed by atoms with E-state index in [-0.39, 0.29) is 11.8 Å². The van der Waals surface area contributed by atoms with E-state index in [1.54, 1.807) is 61.1 Å². The third-order valence-corrected chi connectivity index (χ3v) is 4.18. The van der Waals surface area contributed by atoms with Gasteiger partial charge in [-0.05, 0) is 35.9 Å². The van der Waals surface area contributed by atoms with Crippen LogP contribution in [-0.2, 0) is 11.3 Å². The molecule has 2 amide bonds. The van der Waals surface area contributed by atoms with Gasteiger partial charge in [-0.15, -0.1) is 0 Å². The van der Waals surface area contributed by atoms with Crippen molar-refractivity contribution in [3.63, 3.8) is 0 Å². The number of furan rings is 1. The second-order valence-corrected chi connectivity index (χ2v) is 5.80. The van der Waals surface area contributed by atoms with Gasteiger partial charge in [0.1, 0.15) is 11.6 Å². The molecule has 128 valence electrons. The summed E-state index contributed by atoms with van der Waals surface area (Å²) in [6, 6.07) is 15.8. The number of amides is 2. The number of aromatic nitrogens is 1. The Balaban J connectivity index is 1.72. The van der Waals surface area contributed by atoms with Crippen LogP contribution in [0.15, 0.2) is 76.5 Å². The number of benzene rings is 1. The van der Waals surface area contributed by atoms with E-state index in [4.69, 9.17) is 4.42 Å². The summed E-state index contributed by atoms with van der Waals surface area (Å²) in [6.45, 7) is 0.330. The molecule has 0 saturated heterocycles. The second-order valence-electron chi connectivity index (χ2n) is 5.80. The zero-order valence-electron chi connectivity index (χ0n) is 13.8. The number of imide groups is 1. The van der Waals surface area contributed by atoms with E-state index in [1.807, 2.05) is 12.1 Å². The molecule has 1 aliphatic rings. The minimum Gasteiger partial charge on any atom is -0.467 e. The Morgan fingerprint density at radius 1 is 1.08 bits per heavy atom. The van der Waals surface area contributed by atoms with Gasteiger partial charge in [-0.25, -0.2) is 9.88 Å². The lowest BCUT2D eigenvalue weighted by Crippen LogP contribution is -2.45. The van der Waals surface area contributed by atoms with Crippen LogP contribution in [0.2, 0.25) is 0 Å². The van der Waals surface area contributed by atoms with Gasteiger partial charge in [0.2, 0.25) is 5.91 Å². The lowest BCUT2D eigenvalue weighted by Gasteiger charge is -2.30. The van der Waals surface area contributed by atoms with Crippen molar-refractivity contribution in [2.75, 3.05) is 4.90 Å². The van der Waals surface area contributed by atoms with Crippen molar-refractivity contribution in [1.29, 1.82) is 0 Å². The molecule has 0 fully saturated rings. The molecule has 0 unspecified atom stereocenters. The zero-order chi connectivity index (χ0) is 17.9. The fourth-order valence-corrected chi connectivity index (χ4v) is 2.95. The Morgan fingerprint density at radius 2 is 1.92 bits per heavy atom. The molecule has 1 atom stereocenters. The molecule has 3 heterocycles. The summed E-state index contributed by atoms with van der Waals surface area (Å²) in [4.78, 5) is 35.5. The van der Waals surface area contributed by atoms with Gasteiger partial charge in [0.15, 0.2) is 0 Å². The van der Waals surface area contributed by atoms with Crippen molar-refractivity contribution in [2.24, 2.45) is 4.99 Å². The van der Waals surface area contributed by atoms with E-state index in [1.165, 1.54) is 0 Å². The van der Waals surface area contributed by atoms with Crippen molar-refractivity contribution in [3.8, 4) is 0 Å². The van der Waals surface area contributed by atoms with Crippen molar-refractivity contribution in [2.45, 2.75) is 12.5 Å². The molecule has 1 aliphatic heterocycles. The molecule has 1 aromatic carbocycles. The highest BCUT2D eigenvalue weighted by molar-refractivity contribution is 6.28.